The standard InChI is InChI=1S/C16H10N4O11S2.Na/c21-16-11-3-2-10(32(26,27)28)5-8(11)6-14(33(29,30)31)15(16)18-17-12-4-1-9(19(22)23)7-13(12)20(24)25;/h1-7,21H,(H,26,27,28)(H,29,30,31);. The average Bonchev–Trinajstić information content (AvgIpc) is 2.70. The van der Waals surface area contributed by atoms with Crippen LogP contribution in [0.3, 0.4) is 0 Å². The smallest absolute Gasteiger partial charge is 0.303 e. The van der Waals surface area contributed by atoms with Gasteiger partial charge in [-0.3, -0.25) is 29.3 Å². The second-order valence-electron chi connectivity index (χ2n) is 6.29. The Hall–Kier alpha value is -3.06. The Kier molecular flexibility index (Phi) is 7.73. The fourth-order valence-electron chi connectivity index (χ4n) is 2.74. The van der Waals surface area contributed by atoms with Gasteiger partial charge in [0.2, 0.25) is 0 Å². The number of benzene rings is 3. The van der Waals surface area contributed by atoms with Crippen LogP contribution < -0.4 is 0 Å². The van der Waals surface area contributed by atoms with Crippen molar-refractivity contribution in [2.45, 2.75) is 9.79 Å². The molecule has 0 atom stereocenters. The van der Waals surface area contributed by atoms with E-state index in [0.717, 1.165) is 36.4 Å². The molecule has 0 heterocycles. The molecule has 0 aliphatic heterocycles. The Bertz CT molecular complexity index is 1590. The van der Waals surface area contributed by atoms with Crippen molar-refractivity contribution in [3.63, 3.8) is 0 Å². The van der Waals surface area contributed by atoms with E-state index in [0.29, 0.717) is 6.07 Å². The van der Waals surface area contributed by atoms with E-state index >= 15 is 0 Å². The zero-order valence-electron chi connectivity index (χ0n) is 16.8. The van der Waals surface area contributed by atoms with Gasteiger partial charge in [0.15, 0.2) is 11.4 Å². The summed E-state index contributed by atoms with van der Waals surface area (Å²) in [4.78, 5) is 18.5. The van der Waals surface area contributed by atoms with Gasteiger partial charge in [-0.1, -0.05) is 0 Å². The Morgan fingerprint density at radius 2 is 1.47 bits per heavy atom. The zero-order valence-corrected chi connectivity index (χ0v) is 20.4. The molecule has 0 unspecified atom stereocenters. The van der Waals surface area contributed by atoms with Crippen LogP contribution in [0.2, 0.25) is 0 Å². The van der Waals surface area contributed by atoms with Crippen LogP contribution in [-0.4, -0.2) is 70.5 Å². The maximum absolute atomic E-state index is 11.8. The summed E-state index contributed by atoms with van der Waals surface area (Å²) in [5.74, 6) is -0.893. The van der Waals surface area contributed by atoms with Gasteiger partial charge >= 0.3 is 5.69 Å². The van der Waals surface area contributed by atoms with Gasteiger partial charge in [0.25, 0.3) is 25.9 Å². The molecule has 0 spiro atoms. The number of rotatable bonds is 6. The molecule has 0 fully saturated rings. The summed E-state index contributed by atoms with van der Waals surface area (Å²) in [7, 11) is -9.78. The molecule has 3 aromatic carbocycles. The van der Waals surface area contributed by atoms with Crippen LogP contribution >= 0.6 is 0 Å². The van der Waals surface area contributed by atoms with Crippen LogP contribution in [0.4, 0.5) is 22.7 Å². The minimum absolute atomic E-state index is 0. The zero-order chi connectivity index (χ0) is 24.7. The van der Waals surface area contributed by atoms with Crippen LogP contribution in [0.25, 0.3) is 10.8 Å². The van der Waals surface area contributed by atoms with Gasteiger partial charge in [0, 0.05) is 41.0 Å². The fraction of sp³-hybridized carbons (Fsp3) is 0. The minimum atomic E-state index is -5.09. The van der Waals surface area contributed by atoms with Crippen LogP contribution in [0, 0.1) is 20.2 Å². The maximum atomic E-state index is 11.8. The third kappa shape index (κ3) is 5.53. The van der Waals surface area contributed by atoms with Gasteiger partial charge in [-0.25, -0.2) is 0 Å². The number of nitrogens with zero attached hydrogens (tertiary/aromatic N) is 4. The van der Waals surface area contributed by atoms with Crippen molar-refractivity contribution >= 4 is 83.3 Å². The molecule has 0 saturated heterocycles. The van der Waals surface area contributed by atoms with Crippen LogP contribution in [0.15, 0.2) is 62.5 Å². The van der Waals surface area contributed by atoms with Crippen molar-refractivity contribution in [2.24, 2.45) is 10.2 Å². The van der Waals surface area contributed by atoms with Gasteiger partial charge in [-0.05, 0) is 35.7 Å². The van der Waals surface area contributed by atoms with E-state index in [9.17, 15) is 46.7 Å². The number of fused-ring (bicyclic) bond motifs is 1. The molecular formula is C16H10N4NaO11S2. The van der Waals surface area contributed by atoms with Crippen LogP contribution in [0.1, 0.15) is 0 Å². The number of nitro benzene ring substituents is 2. The summed E-state index contributed by atoms with van der Waals surface area (Å²) in [5, 5.41) is 39.1. The summed E-state index contributed by atoms with van der Waals surface area (Å²) in [6.07, 6.45) is 0. The normalized spacial score (nSPS) is 11.9. The first-order valence-corrected chi connectivity index (χ1v) is 11.2. The van der Waals surface area contributed by atoms with Gasteiger partial charge in [0.05, 0.1) is 20.8 Å². The number of azo groups is 1. The van der Waals surface area contributed by atoms with Crippen molar-refractivity contribution in [3.05, 3.63) is 62.7 Å². The summed E-state index contributed by atoms with van der Waals surface area (Å²) in [6, 6.07) is 5.79. The second kappa shape index (κ2) is 9.66. The number of aromatic hydroxyl groups is 1. The average molecular weight is 521 g/mol. The summed E-state index contributed by atoms with van der Waals surface area (Å²) in [5.41, 5.74) is -2.85. The Labute approximate surface area is 211 Å². The molecule has 34 heavy (non-hydrogen) atoms. The first-order chi connectivity index (χ1) is 15.2. The predicted molar refractivity (Wildman–Crippen MR) is 115 cm³/mol. The van der Waals surface area contributed by atoms with Gasteiger partial charge in [-0.15, -0.1) is 10.2 Å². The molecule has 3 rings (SSSR count). The van der Waals surface area contributed by atoms with E-state index in [-0.39, 0.29) is 40.3 Å². The van der Waals surface area contributed by atoms with E-state index < -0.39 is 68.4 Å². The first kappa shape index (κ1) is 27.2. The van der Waals surface area contributed by atoms with E-state index in [1.807, 2.05) is 0 Å². The molecule has 0 aromatic heterocycles. The van der Waals surface area contributed by atoms with E-state index in [1.54, 1.807) is 0 Å². The quantitative estimate of drug-likeness (QED) is 0.140. The van der Waals surface area contributed by atoms with Crippen molar-refractivity contribution in [1.82, 2.24) is 0 Å². The molecule has 3 aromatic rings. The molecule has 0 aliphatic carbocycles. The number of non-ortho nitro benzene ring substituents is 1. The van der Waals surface area contributed by atoms with Crippen LogP contribution in [-0.2, 0) is 20.2 Å². The third-order valence-corrected chi connectivity index (χ3v) is 5.94. The minimum Gasteiger partial charge on any atom is -0.505 e. The molecular weight excluding hydrogens is 511 g/mol. The molecule has 0 aliphatic rings. The van der Waals surface area contributed by atoms with E-state index in [4.69, 9.17) is 4.55 Å². The summed E-state index contributed by atoms with van der Waals surface area (Å²) in [6.45, 7) is 0. The maximum Gasteiger partial charge on any atom is 0.303 e. The van der Waals surface area contributed by atoms with Crippen molar-refractivity contribution in [3.8, 4) is 5.75 Å². The number of nitro groups is 2. The number of phenols is 1. The molecule has 1 radical (unpaired) electrons. The van der Waals surface area contributed by atoms with Crippen molar-refractivity contribution in [1.29, 1.82) is 0 Å². The molecule has 0 saturated carbocycles. The van der Waals surface area contributed by atoms with Crippen molar-refractivity contribution < 1.29 is 40.9 Å². The van der Waals surface area contributed by atoms with E-state index in [2.05, 4.69) is 10.2 Å². The monoisotopic (exact) mass is 521 g/mol. The van der Waals surface area contributed by atoms with Gasteiger partial charge in [0.1, 0.15) is 10.6 Å². The van der Waals surface area contributed by atoms with Crippen molar-refractivity contribution in [2.75, 3.05) is 0 Å². The SMILES string of the molecule is O=[N+]([O-])c1ccc(N=Nc2c(S(=O)(=O)O)cc3cc(S(=O)(=O)O)ccc3c2O)c([N+](=O)[O-])c1.[Na]. The summed E-state index contributed by atoms with van der Waals surface area (Å²) < 4.78 is 65.0. The molecule has 173 valence electrons. The molecule has 18 heteroatoms. The van der Waals surface area contributed by atoms with E-state index in [1.165, 1.54) is 0 Å². The molecule has 0 amide bonds. The van der Waals surface area contributed by atoms with Crippen LogP contribution in [0.5, 0.6) is 5.75 Å². The topological polar surface area (TPSA) is 240 Å². The first-order valence-electron chi connectivity index (χ1n) is 8.29. The van der Waals surface area contributed by atoms with Gasteiger partial charge < -0.3 is 5.11 Å². The molecule has 3 N–H and O–H groups in total. The Morgan fingerprint density at radius 3 is 2.00 bits per heavy atom. The van der Waals surface area contributed by atoms with Gasteiger partial charge in [-0.2, -0.15) is 16.8 Å². The third-order valence-electron chi connectivity index (χ3n) is 4.22. The number of hydrogen-bond donors (Lipinski definition) is 3. The Morgan fingerprint density at radius 1 is 0.824 bits per heavy atom. The second-order valence-corrected chi connectivity index (χ2v) is 9.10. The fourth-order valence-corrected chi connectivity index (χ4v) is 3.92. The summed E-state index contributed by atoms with van der Waals surface area (Å²) >= 11 is 0. The molecule has 0 bridgehead atoms. The Balaban J connectivity index is 0.00000408. The number of hydrogen-bond acceptors (Lipinski definition) is 11. The largest absolute Gasteiger partial charge is 0.505 e. The predicted octanol–water partition coefficient (Wildman–Crippen LogP) is 2.89. The molecule has 15 nitrogen and oxygen atoms in total. The number of phenolic OH excluding ortho intramolecular Hbond substituents is 1.